The van der Waals surface area contributed by atoms with Gasteiger partial charge >= 0.3 is 0 Å². The van der Waals surface area contributed by atoms with Gasteiger partial charge in [-0.2, -0.15) is 0 Å². The molecule has 2 aromatic heterocycles. The van der Waals surface area contributed by atoms with Gasteiger partial charge in [-0.05, 0) is 37.3 Å². The van der Waals surface area contributed by atoms with Crippen LogP contribution in [0.15, 0.2) is 36.7 Å². The molecule has 0 spiro atoms. The molecule has 3 aromatic rings. The molecule has 1 atom stereocenters. The fourth-order valence-electron chi connectivity index (χ4n) is 3.60. The molecule has 0 saturated heterocycles. The van der Waals surface area contributed by atoms with Crippen molar-refractivity contribution in [3.8, 4) is 0 Å². The van der Waals surface area contributed by atoms with Gasteiger partial charge in [0, 0.05) is 35.9 Å². The maximum atomic E-state index is 12.6. The van der Waals surface area contributed by atoms with Crippen molar-refractivity contribution in [2.75, 3.05) is 6.54 Å². The topological polar surface area (TPSA) is 75.6 Å². The molecule has 1 aliphatic carbocycles. The lowest BCUT2D eigenvalue weighted by Gasteiger charge is -2.22. The molecule has 0 aliphatic heterocycles. The Labute approximate surface area is 140 Å². The number of amides is 1. The molecule has 24 heavy (non-hydrogen) atoms. The highest BCUT2D eigenvalue weighted by molar-refractivity contribution is 5.90. The first-order chi connectivity index (χ1) is 11.8. The summed E-state index contributed by atoms with van der Waals surface area (Å²) in [6.45, 7) is 1.42. The second kappa shape index (κ2) is 6.47. The van der Waals surface area contributed by atoms with Crippen LogP contribution in [0.4, 0.5) is 0 Å². The molecule has 1 aromatic carbocycles. The van der Waals surface area contributed by atoms with E-state index in [-0.39, 0.29) is 11.8 Å². The van der Waals surface area contributed by atoms with Crippen molar-refractivity contribution in [1.82, 2.24) is 25.3 Å². The number of H-pyrrole nitrogens is 1. The second-order valence-corrected chi connectivity index (χ2v) is 6.32. The van der Waals surface area contributed by atoms with Gasteiger partial charge in [-0.3, -0.25) is 9.48 Å². The van der Waals surface area contributed by atoms with E-state index in [1.165, 1.54) is 10.9 Å². The maximum absolute atomic E-state index is 12.6. The van der Waals surface area contributed by atoms with Gasteiger partial charge in [-0.15, -0.1) is 5.10 Å². The van der Waals surface area contributed by atoms with Crippen molar-refractivity contribution in [2.45, 2.75) is 38.1 Å². The molecule has 1 amide bonds. The van der Waals surface area contributed by atoms with Crippen LogP contribution in [0.3, 0.4) is 0 Å². The standard InChI is InChI=1S/C18H21N5O/c24-18(19-9-4-11-23-12-10-20-22-23)15-7-3-6-14-13-5-1-2-8-16(13)21-17(14)15/h1-2,5,8,10,12,15,21H,3-4,6-7,9,11H2,(H,19,24)/t15-/m1/s1. The maximum Gasteiger partial charge on any atom is 0.229 e. The van der Waals surface area contributed by atoms with Crippen LogP contribution in [0.25, 0.3) is 10.9 Å². The highest BCUT2D eigenvalue weighted by Gasteiger charge is 2.29. The Balaban J connectivity index is 1.42. The van der Waals surface area contributed by atoms with E-state index in [1.54, 1.807) is 10.9 Å². The van der Waals surface area contributed by atoms with Crippen molar-refractivity contribution in [3.63, 3.8) is 0 Å². The Morgan fingerprint density at radius 1 is 1.38 bits per heavy atom. The summed E-state index contributed by atoms with van der Waals surface area (Å²) in [4.78, 5) is 16.1. The minimum Gasteiger partial charge on any atom is -0.357 e. The number of aromatic nitrogens is 4. The molecule has 2 heterocycles. The number of aromatic amines is 1. The van der Waals surface area contributed by atoms with Crippen molar-refractivity contribution in [2.24, 2.45) is 0 Å². The van der Waals surface area contributed by atoms with E-state index in [4.69, 9.17) is 0 Å². The van der Waals surface area contributed by atoms with Crippen LogP contribution in [0.5, 0.6) is 0 Å². The Kier molecular flexibility index (Phi) is 4.02. The monoisotopic (exact) mass is 323 g/mol. The van der Waals surface area contributed by atoms with E-state index in [2.05, 4.69) is 38.8 Å². The van der Waals surface area contributed by atoms with Gasteiger partial charge in [-0.25, -0.2) is 0 Å². The molecule has 0 fully saturated rings. The smallest absolute Gasteiger partial charge is 0.229 e. The zero-order valence-corrected chi connectivity index (χ0v) is 13.5. The van der Waals surface area contributed by atoms with Crippen molar-refractivity contribution in [1.29, 1.82) is 0 Å². The molecule has 6 nitrogen and oxygen atoms in total. The molecule has 0 bridgehead atoms. The van der Waals surface area contributed by atoms with E-state index in [0.717, 1.165) is 43.4 Å². The first-order valence-electron chi connectivity index (χ1n) is 8.54. The molecule has 4 rings (SSSR count). The number of nitrogens with one attached hydrogen (secondary N) is 2. The lowest BCUT2D eigenvalue weighted by atomic mass is 9.86. The third-order valence-electron chi connectivity index (χ3n) is 4.77. The lowest BCUT2D eigenvalue weighted by molar-refractivity contribution is -0.122. The SMILES string of the molecule is O=C(NCCCn1ccnn1)[C@@H]1CCCc2c1[nH]c1ccccc21. The van der Waals surface area contributed by atoms with E-state index in [9.17, 15) is 4.79 Å². The first-order valence-corrected chi connectivity index (χ1v) is 8.54. The van der Waals surface area contributed by atoms with Gasteiger partial charge in [0.2, 0.25) is 5.91 Å². The van der Waals surface area contributed by atoms with E-state index in [0.29, 0.717) is 6.54 Å². The Morgan fingerprint density at radius 3 is 3.17 bits per heavy atom. The number of benzene rings is 1. The molecule has 124 valence electrons. The molecule has 1 aliphatic rings. The van der Waals surface area contributed by atoms with Crippen molar-refractivity contribution < 1.29 is 4.79 Å². The number of hydrogen-bond acceptors (Lipinski definition) is 3. The summed E-state index contributed by atoms with van der Waals surface area (Å²) >= 11 is 0. The number of rotatable bonds is 5. The molecule has 0 radical (unpaired) electrons. The van der Waals surface area contributed by atoms with E-state index in [1.807, 2.05) is 12.3 Å². The predicted molar refractivity (Wildman–Crippen MR) is 91.6 cm³/mol. The molecular weight excluding hydrogens is 302 g/mol. The lowest BCUT2D eigenvalue weighted by Crippen LogP contribution is -2.32. The van der Waals surface area contributed by atoms with Crippen LogP contribution in [0, 0.1) is 0 Å². The summed E-state index contributed by atoms with van der Waals surface area (Å²) < 4.78 is 1.78. The van der Waals surface area contributed by atoms with Gasteiger partial charge in [-0.1, -0.05) is 23.4 Å². The Hall–Kier alpha value is -2.63. The number of para-hydroxylation sites is 1. The fraction of sp³-hybridized carbons (Fsp3) is 0.389. The third-order valence-corrected chi connectivity index (χ3v) is 4.77. The zero-order valence-electron chi connectivity index (χ0n) is 13.5. The summed E-state index contributed by atoms with van der Waals surface area (Å²) in [6, 6.07) is 8.32. The summed E-state index contributed by atoms with van der Waals surface area (Å²) in [5.41, 5.74) is 3.56. The van der Waals surface area contributed by atoms with Gasteiger partial charge in [0.05, 0.1) is 12.1 Å². The molecule has 0 saturated carbocycles. The number of carbonyl (C=O) groups excluding carboxylic acids is 1. The zero-order chi connectivity index (χ0) is 16.4. The summed E-state index contributed by atoms with van der Waals surface area (Å²) in [7, 11) is 0. The predicted octanol–water partition coefficient (Wildman–Crippen LogP) is 2.39. The van der Waals surface area contributed by atoms with Crippen LogP contribution in [-0.4, -0.2) is 32.4 Å². The van der Waals surface area contributed by atoms with E-state index >= 15 is 0 Å². The highest BCUT2D eigenvalue weighted by atomic mass is 16.1. The molecule has 0 unspecified atom stereocenters. The van der Waals surface area contributed by atoms with Crippen LogP contribution in [0.1, 0.15) is 36.4 Å². The minimum atomic E-state index is -0.0625. The van der Waals surface area contributed by atoms with Crippen LogP contribution in [0.2, 0.25) is 0 Å². The summed E-state index contributed by atoms with van der Waals surface area (Å²) in [6.07, 6.45) is 7.37. The van der Waals surface area contributed by atoms with Gasteiger partial charge in [0.15, 0.2) is 0 Å². The first kappa shape index (κ1) is 14.9. The van der Waals surface area contributed by atoms with Gasteiger partial charge in [0.1, 0.15) is 0 Å². The minimum absolute atomic E-state index is 0.0625. The van der Waals surface area contributed by atoms with Gasteiger partial charge in [0.25, 0.3) is 0 Å². The van der Waals surface area contributed by atoms with Crippen LogP contribution >= 0.6 is 0 Å². The molecule has 6 heteroatoms. The summed E-state index contributed by atoms with van der Waals surface area (Å²) in [5.74, 6) is 0.0635. The van der Waals surface area contributed by atoms with Crippen LogP contribution < -0.4 is 5.32 Å². The molecule has 2 N–H and O–H groups in total. The number of nitrogens with zero attached hydrogens (tertiary/aromatic N) is 3. The quantitative estimate of drug-likeness (QED) is 0.708. The average molecular weight is 323 g/mol. The third kappa shape index (κ3) is 2.79. The van der Waals surface area contributed by atoms with Crippen LogP contribution in [-0.2, 0) is 17.8 Å². The highest BCUT2D eigenvalue weighted by Crippen LogP contribution is 2.36. The molecular formula is C18H21N5O. The average Bonchev–Trinajstić information content (AvgIpc) is 3.25. The fourth-order valence-corrected chi connectivity index (χ4v) is 3.60. The number of carbonyl (C=O) groups is 1. The second-order valence-electron chi connectivity index (χ2n) is 6.32. The summed E-state index contributed by atoms with van der Waals surface area (Å²) in [5, 5.41) is 12.0. The van der Waals surface area contributed by atoms with E-state index < -0.39 is 0 Å². The van der Waals surface area contributed by atoms with Crippen molar-refractivity contribution >= 4 is 16.8 Å². The normalized spacial score (nSPS) is 16.9. The number of aryl methyl sites for hydroxylation is 2. The Morgan fingerprint density at radius 2 is 2.29 bits per heavy atom. The number of fused-ring (bicyclic) bond motifs is 3. The largest absolute Gasteiger partial charge is 0.357 e. The number of hydrogen-bond donors (Lipinski definition) is 2. The Bertz CT molecular complexity index is 836. The van der Waals surface area contributed by atoms with Gasteiger partial charge < -0.3 is 10.3 Å². The van der Waals surface area contributed by atoms with Crippen molar-refractivity contribution in [3.05, 3.63) is 47.9 Å².